The van der Waals surface area contributed by atoms with E-state index in [9.17, 15) is 0 Å². The molecule has 1 saturated carbocycles. The lowest BCUT2D eigenvalue weighted by Crippen LogP contribution is -2.18. The van der Waals surface area contributed by atoms with Crippen molar-refractivity contribution in [1.29, 1.82) is 5.26 Å². The average molecular weight is 353 g/mol. The van der Waals surface area contributed by atoms with Crippen LogP contribution >= 0.6 is 0 Å². The molecule has 3 rings (SSSR count). The lowest BCUT2D eigenvalue weighted by Gasteiger charge is -2.22. The molecule has 1 fully saturated rings. The molecule has 0 unspecified atom stereocenters. The van der Waals surface area contributed by atoms with E-state index in [4.69, 9.17) is 10.00 Å². The van der Waals surface area contributed by atoms with E-state index in [-0.39, 0.29) is 5.69 Å². The second-order valence-corrected chi connectivity index (χ2v) is 6.29. The number of nitrogens with zero attached hydrogens (tertiary/aromatic N) is 5. The summed E-state index contributed by atoms with van der Waals surface area (Å²) < 4.78 is 5.58. The SMILES string of the molecule is CCOc1nnc(Nc2cnc(C#N)cn2)cc1NCC1CCCCC1. The molecule has 0 aliphatic heterocycles. The van der Waals surface area contributed by atoms with Crippen molar-refractivity contribution in [2.45, 2.75) is 39.0 Å². The van der Waals surface area contributed by atoms with Gasteiger partial charge in [-0.1, -0.05) is 19.3 Å². The minimum absolute atomic E-state index is 0.267. The van der Waals surface area contributed by atoms with Gasteiger partial charge in [-0.05, 0) is 25.7 Å². The van der Waals surface area contributed by atoms with Gasteiger partial charge in [0, 0.05) is 12.6 Å². The zero-order valence-electron chi connectivity index (χ0n) is 14.9. The average Bonchev–Trinajstić information content (AvgIpc) is 2.69. The maximum absolute atomic E-state index is 8.78. The first-order valence-electron chi connectivity index (χ1n) is 9.02. The highest BCUT2D eigenvalue weighted by molar-refractivity contribution is 5.61. The molecule has 1 aliphatic rings. The minimum Gasteiger partial charge on any atom is -0.475 e. The molecule has 0 amide bonds. The predicted octanol–water partition coefficient (Wildman–Crippen LogP) is 3.27. The van der Waals surface area contributed by atoms with Gasteiger partial charge in [0.25, 0.3) is 5.88 Å². The van der Waals surface area contributed by atoms with Crippen molar-refractivity contribution >= 4 is 17.3 Å². The lowest BCUT2D eigenvalue weighted by molar-refractivity contribution is 0.323. The molecule has 2 N–H and O–H groups in total. The van der Waals surface area contributed by atoms with E-state index in [1.807, 2.05) is 19.1 Å². The Bertz CT molecular complexity index is 751. The summed E-state index contributed by atoms with van der Waals surface area (Å²) in [4.78, 5) is 8.12. The molecule has 0 radical (unpaired) electrons. The second-order valence-electron chi connectivity index (χ2n) is 6.29. The maximum Gasteiger partial charge on any atom is 0.257 e. The second kappa shape index (κ2) is 8.94. The molecule has 26 heavy (non-hydrogen) atoms. The zero-order chi connectivity index (χ0) is 18.2. The van der Waals surface area contributed by atoms with Crippen LogP contribution in [0.4, 0.5) is 17.3 Å². The normalized spacial score (nSPS) is 14.5. The predicted molar refractivity (Wildman–Crippen MR) is 98.3 cm³/mol. The Morgan fingerprint density at radius 3 is 2.69 bits per heavy atom. The molecule has 0 saturated heterocycles. The third-order valence-corrected chi connectivity index (χ3v) is 4.37. The molecule has 0 bridgehead atoms. The fourth-order valence-corrected chi connectivity index (χ4v) is 3.04. The number of nitrogens with one attached hydrogen (secondary N) is 2. The Kier molecular flexibility index (Phi) is 6.14. The summed E-state index contributed by atoms with van der Waals surface area (Å²) in [5.74, 6) is 2.23. The monoisotopic (exact) mass is 353 g/mol. The van der Waals surface area contributed by atoms with Crippen molar-refractivity contribution in [3.63, 3.8) is 0 Å². The Labute approximate surface area is 153 Å². The van der Waals surface area contributed by atoms with Gasteiger partial charge < -0.3 is 15.4 Å². The molecule has 8 heteroatoms. The van der Waals surface area contributed by atoms with E-state index in [0.717, 1.165) is 12.2 Å². The molecule has 136 valence electrons. The van der Waals surface area contributed by atoms with Gasteiger partial charge >= 0.3 is 0 Å². The molecule has 2 heterocycles. The van der Waals surface area contributed by atoms with Crippen molar-refractivity contribution < 1.29 is 4.74 Å². The van der Waals surface area contributed by atoms with Gasteiger partial charge in [0.2, 0.25) is 0 Å². The van der Waals surface area contributed by atoms with Gasteiger partial charge in [-0.25, -0.2) is 9.97 Å². The summed E-state index contributed by atoms with van der Waals surface area (Å²) in [5.41, 5.74) is 1.08. The molecule has 8 nitrogen and oxygen atoms in total. The fourth-order valence-electron chi connectivity index (χ4n) is 3.04. The van der Waals surface area contributed by atoms with Gasteiger partial charge in [-0.3, -0.25) is 0 Å². The van der Waals surface area contributed by atoms with E-state index < -0.39 is 0 Å². The van der Waals surface area contributed by atoms with Crippen LogP contribution in [-0.2, 0) is 0 Å². The van der Waals surface area contributed by atoms with Gasteiger partial charge in [-0.15, -0.1) is 10.2 Å². The van der Waals surface area contributed by atoms with Crippen molar-refractivity contribution in [3.8, 4) is 11.9 Å². The summed E-state index contributed by atoms with van der Waals surface area (Å²) in [6.45, 7) is 3.35. The highest BCUT2D eigenvalue weighted by atomic mass is 16.5. The van der Waals surface area contributed by atoms with Crippen LogP contribution in [-0.4, -0.2) is 33.3 Å². The van der Waals surface area contributed by atoms with Crippen LogP contribution in [0.2, 0.25) is 0 Å². The molecular formula is C18H23N7O. The molecule has 1 aliphatic carbocycles. The summed E-state index contributed by atoms with van der Waals surface area (Å²) in [5, 5.41) is 23.6. The van der Waals surface area contributed by atoms with Gasteiger partial charge in [0.1, 0.15) is 17.6 Å². The third kappa shape index (κ3) is 4.79. The summed E-state index contributed by atoms with van der Waals surface area (Å²) in [6, 6.07) is 3.80. The van der Waals surface area contributed by atoms with Crippen LogP contribution in [0.3, 0.4) is 0 Å². The van der Waals surface area contributed by atoms with Crippen LogP contribution in [0.15, 0.2) is 18.5 Å². The Morgan fingerprint density at radius 2 is 2.00 bits per heavy atom. The summed E-state index contributed by atoms with van der Waals surface area (Å²) >= 11 is 0. The molecule has 0 spiro atoms. The number of aromatic nitrogens is 4. The number of hydrogen-bond donors (Lipinski definition) is 2. The van der Waals surface area contributed by atoms with E-state index in [1.54, 1.807) is 0 Å². The largest absolute Gasteiger partial charge is 0.475 e. The van der Waals surface area contributed by atoms with Crippen molar-refractivity contribution in [1.82, 2.24) is 20.2 Å². The highest BCUT2D eigenvalue weighted by Crippen LogP contribution is 2.28. The molecule has 0 atom stereocenters. The summed E-state index contributed by atoms with van der Waals surface area (Å²) in [7, 11) is 0. The first kappa shape index (κ1) is 17.9. The lowest BCUT2D eigenvalue weighted by atomic mass is 9.89. The van der Waals surface area contributed by atoms with Crippen LogP contribution in [0.25, 0.3) is 0 Å². The number of anilines is 3. The number of ether oxygens (including phenoxy) is 1. The first-order chi connectivity index (χ1) is 12.8. The van der Waals surface area contributed by atoms with Crippen molar-refractivity contribution in [3.05, 3.63) is 24.2 Å². The van der Waals surface area contributed by atoms with Crippen molar-refractivity contribution in [2.75, 3.05) is 23.8 Å². The van der Waals surface area contributed by atoms with E-state index >= 15 is 0 Å². The van der Waals surface area contributed by atoms with Crippen LogP contribution in [0.5, 0.6) is 5.88 Å². The number of rotatable bonds is 7. The minimum atomic E-state index is 0.267. The first-order valence-corrected chi connectivity index (χ1v) is 9.02. The smallest absolute Gasteiger partial charge is 0.257 e. The number of hydrogen-bond acceptors (Lipinski definition) is 8. The fraction of sp³-hybridized carbons (Fsp3) is 0.500. The zero-order valence-corrected chi connectivity index (χ0v) is 14.9. The van der Waals surface area contributed by atoms with Crippen LogP contribution < -0.4 is 15.4 Å². The third-order valence-electron chi connectivity index (χ3n) is 4.37. The number of nitriles is 1. The molecule has 0 aromatic carbocycles. The van der Waals surface area contributed by atoms with E-state index in [2.05, 4.69) is 30.8 Å². The van der Waals surface area contributed by atoms with E-state index in [0.29, 0.717) is 30.0 Å². The van der Waals surface area contributed by atoms with Crippen molar-refractivity contribution in [2.24, 2.45) is 5.92 Å². The van der Waals surface area contributed by atoms with E-state index in [1.165, 1.54) is 44.5 Å². The standard InChI is InChI=1S/C18H23N7O/c1-2-26-18-15(21-10-13-6-4-3-5-7-13)8-16(24-25-18)23-17-12-20-14(9-19)11-22-17/h8,11-13H,2-7,10H2,1H3,(H2,21,22,23,24). The Morgan fingerprint density at radius 1 is 1.15 bits per heavy atom. The van der Waals surface area contributed by atoms with Crippen LogP contribution in [0, 0.1) is 17.2 Å². The highest BCUT2D eigenvalue weighted by Gasteiger charge is 2.15. The summed E-state index contributed by atoms with van der Waals surface area (Å²) in [6.07, 6.45) is 9.39. The maximum atomic E-state index is 8.78. The molecule has 2 aromatic heterocycles. The quantitative estimate of drug-likeness (QED) is 0.780. The van der Waals surface area contributed by atoms with Gasteiger partial charge in [0.05, 0.1) is 19.0 Å². The molecule has 2 aromatic rings. The molecular weight excluding hydrogens is 330 g/mol. The topological polar surface area (TPSA) is 109 Å². The van der Waals surface area contributed by atoms with Crippen LogP contribution in [0.1, 0.15) is 44.7 Å². The Hall–Kier alpha value is -2.95. The Balaban J connectivity index is 1.70. The van der Waals surface area contributed by atoms with Gasteiger partial charge in [0.15, 0.2) is 11.5 Å². The van der Waals surface area contributed by atoms with Gasteiger partial charge in [-0.2, -0.15) is 5.26 Å².